The van der Waals surface area contributed by atoms with Gasteiger partial charge in [-0.1, -0.05) is 9.78 Å². The summed E-state index contributed by atoms with van der Waals surface area (Å²) in [5.41, 5.74) is -0.896. The maximum atomic E-state index is 11.7. The van der Waals surface area contributed by atoms with Crippen molar-refractivity contribution in [3.05, 3.63) is 27.2 Å². The number of hydrogen-bond donors (Lipinski definition) is 1. The molecule has 2 aliphatic heterocycles. The number of tetrazole rings is 1. The first kappa shape index (κ1) is 17.0. The summed E-state index contributed by atoms with van der Waals surface area (Å²) in [5, 5.41) is 43.5. The minimum absolute atomic E-state index is 0.119. The van der Waals surface area contributed by atoms with Gasteiger partial charge in [0.15, 0.2) is 13.1 Å². The second kappa shape index (κ2) is 6.20. The summed E-state index contributed by atoms with van der Waals surface area (Å²) < 4.78 is 8.35. The lowest BCUT2D eigenvalue weighted by molar-refractivity contribution is -0.726. The summed E-state index contributed by atoms with van der Waals surface area (Å²) in [6, 6.07) is 0. The van der Waals surface area contributed by atoms with Crippen molar-refractivity contribution in [3.8, 4) is 0 Å². The third-order valence-corrected chi connectivity index (χ3v) is 4.25. The third kappa shape index (κ3) is 3.07. The van der Waals surface area contributed by atoms with Crippen LogP contribution in [0.2, 0.25) is 0 Å². The maximum Gasteiger partial charge on any atom is 0.357 e. The fraction of sp³-hybridized carbons (Fsp3) is 0.615. The van der Waals surface area contributed by atoms with E-state index >= 15 is 0 Å². The number of hydrogen-bond acceptors (Lipinski definition) is 8. The molecule has 0 saturated carbocycles. The van der Waals surface area contributed by atoms with Gasteiger partial charge in [0.25, 0.3) is 11.5 Å². The van der Waals surface area contributed by atoms with Gasteiger partial charge in [0.05, 0.1) is 10.6 Å². The van der Waals surface area contributed by atoms with Gasteiger partial charge in [-0.2, -0.15) is 0 Å². The Hall–Kier alpha value is -2.89. The lowest BCUT2D eigenvalue weighted by Crippen LogP contribution is -2.42. The van der Waals surface area contributed by atoms with Gasteiger partial charge in [0, 0.05) is 4.90 Å². The lowest BCUT2D eigenvalue weighted by atomic mass is 9.75. The second-order valence-corrected chi connectivity index (χ2v) is 6.44. The van der Waals surface area contributed by atoms with E-state index in [0.717, 1.165) is 10.8 Å². The maximum absolute atomic E-state index is 11.7. The van der Waals surface area contributed by atoms with E-state index in [2.05, 4.69) is 20.1 Å². The average Bonchev–Trinajstić information content (AvgIpc) is 3.02. The molecule has 1 N–H and O–H groups in total. The molecule has 2 aliphatic rings. The van der Waals surface area contributed by atoms with Crippen LogP contribution in [0, 0.1) is 20.7 Å². The number of allylic oxidation sites excluding steroid dienone is 1. The summed E-state index contributed by atoms with van der Waals surface area (Å²) in [5.74, 6) is -1.14. The van der Waals surface area contributed by atoms with E-state index in [4.69, 9.17) is 4.74 Å². The molecule has 0 aliphatic carbocycles. The van der Waals surface area contributed by atoms with Crippen molar-refractivity contribution >= 4 is 17.7 Å². The van der Waals surface area contributed by atoms with Gasteiger partial charge in [-0.15, -0.1) is 0 Å². The van der Waals surface area contributed by atoms with E-state index in [1.807, 2.05) is 20.1 Å². The van der Waals surface area contributed by atoms with Crippen molar-refractivity contribution in [1.82, 2.24) is 20.2 Å². The number of morpholine rings is 1. The van der Waals surface area contributed by atoms with Crippen molar-refractivity contribution in [2.75, 3.05) is 26.3 Å². The summed E-state index contributed by atoms with van der Waals surface area (Å²) in [6.07, 6.45) is 2.92. The van der Waals surface area contributed by atoms with Gasteiger partial charge in [-0.25, -0.2) is 4.58 Å². The molecule has 3 rings (SSSR count). The van der Waals surface area contributed by atoms with E-state index in [0.29, 0.717) is 26.3 Å². The number of rotatable bonds is 3. The highest BCUT2D eigenvalue weighted by atomic mass is 16.8. The molecule has 134 valence electrons. The SMILES string of the molecule is CC(C)(C=[N+]1CCOCC1)C1/C(=[N+](\[O-])O)C=C([N+](=O)[O-])n2nnnc21. The number of nitrogens with zero attached hydrogens (tertiary/aromatic N) is 7. The molecule has 1 atom stereocenters. The zero-order valence-electron chi connectivity index (χ0n) is 13.8. The van der Waals surface area contributed by atoms with Crippen LogP contribution >= 0.6 is 0 Å². The molecule has 3 heterocycles. The molecule has 0 amide bonds. The van der Waals surface area contributed by atoms with Crippen LogP contribution in [0.4, 0.5) is 0 Å². The molecule has 1 unspecified atom stereocenters. The Labute approximate surface area is 142 Å². The molecule has 1 aromatic rings. The monoisotopic (exact) mass is 352 g/mol. The number of nitro groups is 1. The van der Waals surface area contributed by atoms with Crippen LogP contribution in [0.5, 0.6) is 0 Å². The highest BCUT2D eigenvalue weighted by Crippen LogP contribution is 2.38. The Morgan fingerprint density at radius 2 is 2.12 bits per heavy atom. The van der Waals surface area contributed by atoms with Gasteiger partial charge < -0.3 is 20.1 Å². The minimum atomic E-state index is -0.767. The number of ether oxygens (including phenoxy) is 1. The molecule has 0 aromatic carbocycles. The highest BCUT2D eigenvalue weighted by Gasteiger charge is 2.51. The van der Waals surface area contributed by atoms with Crippen molar-refractivity contribution in [1.29, 1.82) is 0 Å². The van der Waals surface area contributed by atoms with Crippen molar-refractivity contribution in [3.63, 3.8) is 0 Å². The molecule has 0 bridgehead atoms. The zero-order valence-corrected chi connectivity index (χ0v) is 13.8. The Balaban J connectivity index is 2.11. The van der Waals surface area contributed by atoms with E-state index < -0.39 is 22.1 Å². The standard InChI is InChI=1S/C13H18N7O5/c1-13(2,8-17-3-5-25-6-4-17)11-9(19(21)22)7-10(20(23)24)18-12(11)14-15-16-18/h7-8,11H,3-6H2,1-2H3,(H,21,22)/q+1. The third-order valence-electron chi connectivity index (χ3n) is 4.25. The van der Waals surface area contributed by atoms with Crippen LogP contribution in [-0.4, -0.2) is 78.0 Å². The number of aromatic nitrogens is 4. The molecule has 1 fully saturated rings. The van der Waals surface area contributed by atoms with Crippen LogP contribution in [-0.2, 0) is 4.74 Å². The van der Waals surface area contributed by atoms with Gasteiger partial charge in [-0.3, -0.25) is 5.21 Å². The molecule has 0 radical (unpaired) electrons. The predicted octanol–water partition coefficient (Wildman–Crippen LogP) is -0.674. The predicted molar refractivity (Wildman–Crippen MR) is 82.9 cm³/mol. The second-order valence-electron chi connectivity index (χ2n) is 6.44. The minimum Gasteiger partial charge on any atom is -0.417 e. The normalized spacial score (nSPS) is 22.9. The topological polar surface area (TPSA) is 145 Å². The van der Waals surface area contributed by atoms with E-state index in [1.165, 1.54) is 0 Å². The van der Waals surface area contributed by atoms with Crippen molar-refractivity contribution < 1.29 is 24.3 Å². The van der Waals surface area contributed by atoms with Crippen LogP contribution in [0.25, 0.3) is 5.82 Å². The van der Waals surface area contributed by atoms with E-state index in [9.17, 15) is 20.5 Å². The highest BCUT2D eigenvalue weighted by molar-refractivity contribution is 6.02. The summed E-state index contributed by atoms with van der Waals surface area (Å²) >= 11 is 0. The molecule has 0 spiro atoms. The average molecular weight is 352 g/mol. The largest absolute Gasteiger partial charge is 0.417 e. The molecular weight excluding hydrogens is 334 g/mol. The Morgan fingerprint density at radius 1 is 1.44 bits per heavy atom. The Kier molecular flexibility index (Phi) is 4.20. The van der Waals surface area contributed by atoms with Crippen LogP contribution in [0.15, 0.2) is 6.08 Å². The quantitative estimate of drug-likeness (QED) is 0.248. The van der Waals surface area contributed by atoms with E-state index in [1.54, 1.807) is 0 Å². The molecule has 12 heteroatoms. The van der Waals surface area contributed by atoms with Gasteiger partial charge in [-0.05, 0) is 24.0 Å². The van der Waals surface area contributed by atoms with Crippen molar-refractivity contribution in [2.24, 2.45) is 5.41 Å². The smallest absolute Gasteiger partial charge is 0.357 e. The molecule has 25 heavy (non-hydrogen) atoms. The van der Waals surface area contributed by atoms with Gasteiger partial charge in [0.1, 0.15) is 31.4 Å². The van der Waals surface area contributed by atoms with Gasteiger partial charge >= 0.3 is 5.82 Å². The van der Waals surface area contributed by atoms with Crippen LogP contribution in [0.1, 0.15) is 25.6 Å². The van der Waals surface area contributed by atoms with E-state index in [-0.39, 0.29) is 16.4 Å². The fourth-order valence-electron chi connectivity index (χ4n) is 3.21. The molecule has 1 aromatic heterocycles. The zero-order chi connectivity index (χ0) is 18.2. The molecular formula is C13H18N7O5+. The lowest BCUT2D eigenvalue weighted by Gasteiger charge is -2.26. The summed E-state index contributed by atoms with van der Waals surface area (Å²) in [6.45, 7) is 6.25. The number of fused-ring (bicyclic) bond motifs is 1. The first-order chi connectivity index (χ1) is 11.8. The van der Waals surface area contributed by atoms with Crippen molar-refractivity contribution in [2.45, 2.75) is 19.8 Å². The Bertz CT molecular complexity index is 782. The first-order valence-corrected chi connectivity index (χ1v) is 7.67. The summed E-state index contributed by atoms with van der Waals surface area (Å²) in [7, 11) is 0. The molecule has 1 saturated heterocycles. The van der Waals surface area contributed by atoms with Crippen LogP contribution in [0.3, 0.4) is 0 Å². The summed E-state index contributed by atoms with van der Waals surface area (Å²) in [4.78, 5) is 10.2. The van der Waals surface area contributed by atoms with Crippen LogP contribution < -0.4 is 0 Å². The first-order valence-electron chi connectivity index (χ1n) is 7.67. The fourth-order valence-corrected chi connectivity index (χ4v) is 3.21. The van der Waals surface area contributed by atoms with Gasteiger partial charge in [0.2, 0.25) is 0 Å². The molecule has 12 nitrogen and oxygen atoms in total. The Morgan fingerprint density at radius 3 is 2.72 bits per heavy atom.